The highest BCUT2D eigenvalue weighted by Gasteiger charge is 2.05. The standard InChI is InChI=1S/C20H25NO2S/c1-3-13-23-19-10-8-17(9-11-19)20(22)21-12-14-24-15-18-7-5-4-6-16(18)2/h4-11H,3,12-15H2,1-2H3,(H,21,22). The normalized spacial score (nSPS) is 10.4. The topological polar surface area (TPSA) is 38.3 Å². The lowest BCUT2D eigenvalue weighted by Crippen LogP contribution is -2.25. The summed E-state index contributed by atoms with van der Waals surface area (Å²) in [4.78, 5) is 12.1. The summed E-state index contributed by atoms with van der Waals surface area (Å²) in [7, 11) is 0. The number of thioether (sulfide) groups is 1. The van der Waals surface area contributed by atoms with Gasteiger partial charge in [0.05, 0.1) is 6.61 Å². The summed E-state index contributed by atoms with van der Waals surface area (Å²) in [5, 5.41) is 2.96. The number of nitrogens with one attached hydrogen (secondary N) is 1. The summed E-state index contributed by atoms with van der Waals surface area (Å²) in [6.45, 7) is 5.57. The molecule has 0 aromatic heterocycles. The van der Waals surface area contributed by atoms with Crippen molar-refractivity contribution in [3.05, 3.63) is 65.2 Å². The van der Waals surface area contributed by atoms with E-state index in [0.29, 0.717) is 18.7 Å². The number of hydrogen-bond donors (Lipinski definition) is 1. The van der Waals surface area contributed by atoms with Crippen molar-refractivity contribution in [2.24, 2.45) is 0 Å². The first-order valence-corrected chi connectivity index (χ1v) is 9.49. The van der Waals surface area contributed by atoms with E-state index in [1.807, 2.05) is 23.9 Å². The van der Waals surface area contributed by atoms with Gasteiger partial charge in [0.15, 0.2) is 0 Å². The van der Waals surface area contributed by atoms with Gasteiger partial charge in [0.25, 0.3) is 5.91 Å². The summed E-state index contributed by atoms with van der Waals surface area (Å²) < 4.78 is 5.52. The maximum Gasteiger partial charge on any atom is 0.251 e. The molecule has 0 aliphatic carbocycles. The minimum atomic E-state index is -0.0338. The molecule has 0 bridgehead atoms. The van der Waals surface area contributed by atoms with E-state index in [1.54, 1.807) is 12.1 Å². The fraction of sp³-hybridized carbons (Fsp3) is 0.350. The van der Waals surface area contributed by atoms with Gasteiger partial charge < -0.3 is 10.1 Å². The molecule has 3 nitrogen and oxygen atoms in total. The van der Waals surface area contributed by atoms with Crippen LogP contribution in [0.25, 0.3) is 0 Å². The average Bonchev–Trinajstić information content (AvgIpc) is 2.61. The molecule has 2 rings (SSSR count). The number of benzene rings is 2. The Morgan fingerprint density at radius 2 is 1.88 bits per heavy atom. The van der Waals surface area contributed by atoms with Gasteiger partial charge in [-0.2, -0.15) is 11.8 Å². The molecular weight excluding hydrogens is 318 g/mol. The molecule has 4 heteroatoms. The third kappa shape index (κ3) is 5.93. The van der Waals surface area contributed by atoms with E-state index in [9.17, 15) is 4.79 Å². The van der Waals surface area contributed by atoms with E-state index in [-0.39, 0.29) is 5.91 Å². The van der Waals surface area contributed by atoms with E-state index in [0.717, 1.165) is 23.7 Å². The first-order chi connectivity index (χ1) is 11.7. The second-order valence-electron chi connectivity index (χ2n) is 5.61. The lowest BCUT2D eigenvalue weighted by Gasteiger charge is -2.08. The van der Waals surface area contributed by atoms with Gasteiger partial charge in [0.1, 0.15) is 5.75 Å². The van der Waals surface area contributed by atoms with Crippen LogP contribution in [-0.4, -0.2) is 24.8 Å². The molecule has 0 aliphatic heterocycles. The number of aryl methyl sites for hydroxylation is 1. The van der Waals surface area contributed by atoms with E-state index >= 15 is 0 Å². The minimum absolute atomic E-state index is 0.0338. The minimum Gasteiger partial charge on any atom is -0.494 e. The molecule has 0 aliphatic rings. The van der Waals surface area contributed by atoms with Crippen LogP contribution in [0.4, 0.5) is 0 Å². The Bertz CT molecular complexity index is 640. The Balaban J connectivity index is 1.68. The highest BCUT2D eigenvalue weighted by molar-refractivity contribution is 7.98. The van der Waals surface area contributed by atoms with Crippen LogP contribution in [0.15, 0.2) is 48.5 Å². The lowest BCUT2D eigenvalue weighted by atomic mass is 10.1. The predicted molar refractivity (Wildman–Crippen MR) is 102 cm³/mol. The third-order valence-electron chi connectivity index (χ3n) is 3.64. The Morgan fingerprint density at radius 1 is 1.12 bits per heavy atom. The van der Waals surface area contributed by atoms with E-state index in [4.69, 9.17) is 4.74 Å². The zero-order valence-electron chi connectivity index (χ0n) is 14.4. The second-order valence-corrected chi connectivity index (χ2v) is 6.71. The summed E-state index contributed by atoms with van der Waals surface area (Å²) >= 11 is 1.83. The number of amides is 1. The van der Waals surface area contributed by atoms with Gasteiger partial charge in [-0.25, -0.2) is 0 Å². The average molecular weight is 343 g/mol. The van der Waals surface area contributed by atoms with Crippen molar-refractivity contribution in [3.8, 4) is 5.75 Å². The molecule has 0 atom stereocenters. The van der Waals surface area contributed by atoms with Crippen molar-refractivity contribution < 1.29 is 9.53 Å². The monoisotopic (exact) mass is 343 g/mol. The lowest BCUT2D eigenvalue weighted by molar-refractivity contribution is 0.0956. The Hall–Kier alpha value is -1.94. The number of carbonyl (C=O) groups is 1. The molecule has 2 aromatic rings. The largest absolute Gasteiger partial charge is 0.494 e. The molecule has 128 valence electrons. The van der Waals surface area contributed by atoms with Crippen molar-refractivity contribution in [1.29, 1.82) is 0 Å². The maximum atomic E-state index is 12.1. The number of carbonyl (C=O) groups excluding carboxylic acids is 1. The van der Waals surface area contributed by atoms with E-state index < -0.39 is 0 Å². The number of ether oxygens (including phenoxy) is 1. The van der Waals surface area contributed by atoms with Crippen molar-refractivity contribution in [1.82, 2.24) is 5.32 Å². The number of hydrogen-bond acceptors (Lipinski definition) is 3. The molecular formula is C20H25NO2S. The van der Waals surface area contributed by atoms with Crippen LogP contribution < -0.4 is 10.1 Å². The van der Waals surface area contributed by atoms with Gasteiger partial charge >= 0.3 is 0 Å². The SMILES string of the molecule is CCCOc1ccc(C(=O)NCCSCc2ccccc2C)cc1. The molecule has 0 fully saturated rings. The number of rotatable bonds is 9. The van der Waals surface area contributed by atoms with Gasteiger partial charge in [-0.3, -0.25) is 4.79 Å². The van der Waals surface area contributed by atoms with E-state index in [1.165, 1.54) is 11.1 Å². The zero-order chi connectivity index (χ0) is 17.2. The van der Waals surface area contributed by atoms with Crippen molar-refractivity contribution >= 4 is 17.7 Å². The molecule has 24 heavy (non-hydrogen) atoms. The molecule has 1 amide bonds. The maximum absolute atomic E-state index is 12.1. The van der Waals surface area contributed by atoms with Gasteiger partial charge in [0, 0.05) is 23.6 Å². The highest BCUT2D eigenvalue weighted by atomic mass is 32.2. The van der Waals surface area contributed by atoms with Crippen LogP contribution in [-0.2, 0) is 5.75 Å². The van der Waals surface area contributed by atoms with Crippen LogP contribution in [0, 0.1) is 6.92 Å². The summed E-state index contributed by atoms with van der Waals surface area (Å²) in [6, 6.07) is 15.7. The molecule has 0 heterocycles. The molecule has 1 N–H and O–H groups in total. The predicted octanol–water partition coefficient (Wildman–Crippen LogP) is 4.45. The summed E-state index contributed by atoms with van der Waals surface area (Å²) in [5.74, 6) is 2.65. The van der Waals surface area contributed by atoms with Crippen LogP contribution in [0.5, 0.6) is 5.75 Å². The molecule has 0 saturated carbocycles. The summed E-state index contributed by atoms with van der Waals surface area (Å²) in [5.41, 5.74) is 3.35. The van der Waals surface area contributed by atoms with Crippen LogP contribution in [0.3, 0.4) is 0 Å². The molecule has 0 unspecified atom stereocenters. The Morgan fingerprint density at radius 3 is 2.58 bits per heavy atom. The quantitative estimate of drug-likeness (QED) is 0.684. The molecule has 0 spiro atoms. The highest BCUT2D eigenvalue weighted by Crippen LogP contribution is 2.15. The van der Waals surface area contributed by atoms with Gasteiger partial charge in [-0.05, 0) is 48.7 Å². The van der Waals surface area contributed by atoms with E-state index in [2.05, 4.69) is 43.4 Å². The zero-order valence-corrected chi connectivity index (χ0v) is 15.2. The Labute approximate surface area is 148 Å². The first-order valence-electron chi connectivity index (χ1n) is 8.34. The van der Waals surface area contributed by atoms with Gasteiger partial charge in [-0.1, -0.05) is 31.2 Å². The smallest absolute Gasteiger partial charge is 0.251 e. The van der Waals surface area contributed by atoms with Crippen LogP contribution in [0.2, 0.25) is 0 Å². The second kappa shape index (κ2) is 10.0. The summed E-state index contributed by atoms with van der Waals surface area (Å²) in [6.07, 6.45) is 0.975. The third-order valence-corrected chi connectivity index (χ3v) is 4.65. The van der Waals surface area contributed by atoms with Crippen molar-refractivity contribution in [3.63, 3.8) is 0 Å². The Kier molecular flexibility index (Phi) is 7.69. The first kappa shape index (κ1) is 18.4. The molecule has 0 radical (unpaired) electrons. The fourth-order valence-electron chi connectivity index (χ4n) is 2.22. The van der Waals surface area contributed by atoms with Crippen LogP contribution >= 0.6 is 11.8 Å². The van der Waals surface area contributed by atoms with Gasteiger partial charge in [0.2, 0.25) is 0 Å². The van der Waals surface area contributed by atoms with Gasteiger partial charge in [-0.15, -0.1) is 0 Å². The van der Waals surface area contributed by atoms with Crippen LogP contribution in [0.1, 0.15) is 34.8 Å². The fourth-order valence-corrected chi connectivity index (χ4v) is 3.15. The van der Waals surface area contributed by atoms with Crippen molar-refractivity contribution in [2.75, 3.05) is 18.9 Å². The molecule has 0 saturated heterocycles. The van der Waals surface area contributed by atoms with Crippen molar-refractivity contribution in [2.45, 2.75) is 26.0 Å². The molecule has 2 aromatic carbocycles.